The van der Waals surface area contributed by atoms with Gasteiger partial charge < -0.3 is 20.3 Å². The maximum absolute atomic E-state index is 12.5. The Balaban J connectivity index is 1.25. The Hall–Kier alpha value is -3.35. The summed E-state index contributed by atoms with van der Waals surface area (Å²) in [6.45, 7) is 1.44. The zero-order valence-corrected chi connectivity index (χ0v) is 17.2. The third-order valence-corrected chi connectivity index (χ3v) is 6.39. The molecule has 0 spiro atoms. The van der Waals surface area contributed by atoms with E-state index in [1.807, 2.05) is 35.2 Å². The van der Waals surface area contributed by atoms with Crippen molar-refractivity contribution in [1.29, 1.82) is 0 Å². The largest absolute Gasteiger partial charge is 0.493 e. The fraction of sp³-hybridized carbons (Fsp3) is 0.375. The van der Waals surface area contributed by atoms with E-state index >= 15 is 0 Å². The molecule has 7 heteroatoms. The lowest BCUT2D eigenvalue weighted by molar-refractivity contribution is -0.136. The number of piperidine rings is 1. The van der Waals surface area contributed by atoms with E-state index in [2.05, 4.69) is 16.7 Å². The summed E-state index contributed by atoms with van der Waals surface area (Å²) in [7, 11) is 0. The van der Waals surface area contributed by atoms with Gasteiger partial charge in [-0.05, 0) is 60.2 Å². The summed E-state index contributed by atoms with van der Waals surface area (Å²) in [4.78, 5) is 39.0. The number of benzene rings is 2. The fourth-order valence-corrected chi connectivity index (χ4v) is 4.84. The summed E-state index contributed by atoms with van der Waals surface area (Å²) in [5, 5.41) is 5.46. The first-order valence-corrected chi connectivity index (χ1v) is 10.9. The number of amides is 3. The van der Waals surface area contributed by atoms with E-state index in [1.165, 1.54) is 5.56 Å². The topological polar surface area (TPSA) is 87.7 Å². The first-order valence-electron chi connectivity index (χ1n) is 10.9. The molecule has 2 fully saturated rings. The molecule has 31 heavy (non-hydrogen) atoms. The van der Waals surface area contributed by atoms with Gasteiger partial charge in [0.2, 0.25) is 5.91 Å². The van der Waals surface area contributed by atoms with E-state index in [-0.39, 0.29) is 24.4 Å². The third kappa shape index (κ3) is 3.87. The Morgan fingerprint density at radius 3 is 2.81 bits per heavy atom. The van der Waals surface area contributed by atoms with Gasteiger partial charge >= 0.3 is 11.8 Å². The van der Waals surface area contributed by atoms with Crippen LogP contribution in [0.2, 0.25) is 0 Å². The molecule has 2 unspecified atom stereocenters. The summed E-state index contributed by atoms with van der Waals surface area (Å²) in [5.41, 5.74) is 3.71. The fourth-order valence-electron chi connectivity index (χ4n) is 4.84. The van der Waals surface area contributed by atoms with Gasteiger partial charge in [-0.15, -0.1) is 0 Å². The second kappa shape index (κ2) is 8.06. The molecule has 3 aliphatic rings. The quantitative estimate of drug-likeness (QED) is 0.749. The Bertz CT molecular complexity index is 1050. The van der Waals surface area contributed by atoms with Crippen molar-refractivity contribution in [2.24, 2.45) is 0 Å². The molecule has 2 aromatic rings. The van der Waals surface area contributed by atoms with E-state index in [1.54, 1.807) is 6.07 Å². The average Bonchev–Trinajstić information content (AvgIpc) is 3.38. The Morgan fingerprint density at radius 2 is 1.90 bits per heavy atom. The van der Waals surface area contributed by atoms with Crippen molar-refractivity contribution >= 4 is 23.4 Å². The van der Waals surface area contributed by atoms with Gasteiger partial charge in [0.1, 0.15) is 5.75 Å². The van der Waals surface area contributed by atoms with Crippen molar-refractivity contribution in [1.82, 2.24) is 10.2 Å². The van der Waals surface area contributed by atoms with Gasteiger partial charge in [-0.3, -0.25) is 14.4 Å². The highest BCUT2D eigenvalue weighted by Gasteiger charge is 2.41. The molecular formula is C24H25N3O4. The van der Waals surface area contributed by atoms with Crippen molar-refractivity contribution in [3.05, 3.63) is 48.0 Å². The lowest BCUT2D eigenvalue weighted by Gasteiger charge is -2.32. The molecule has 3 amide bonds. The van der Waals surface area contributed by atoms with Crippen LogP contribution in [0.25, 0.3) is 11.1 Å². The van der Waals surface area contributed by atoms with Crippen molar-refractivity contribution in [3.8, 4) is 16.9 Å². The van der Waals surface area contributed by atoms with Gasteiger partial charge in [-0.1, -0.05) is 18.2 Å². The molecule has 0 saturated carbocycles. The predicted molar refractivity (Wildman–Crippen MR) is 116 cm³/mol. The second-order valence-corrected chi connectivity index (χ2v) is 8.39. The number of carbonyl (C=O) groups excluding carboxylic acids is 3. The highest BCUT2D eigenvalue weighted by atomic mass is 16.5. The minimum absolute atomic E-state index is 0.00474. The minimum atomic E-state index is -0.721. The second-order valence-electron chi connectivity index (χ2n) is 8.39. The molecule has 0 radical (unpaired) electrons. The molecule has 160 valence electrons. The monoisotopic (exact) mass is 419 g/mol. The molecule has 5 rings (SSSR count). The normalized spacial score (nSPS) is 21.8. The predicted octanol–water partition coefficient (Wildman–Crippen LogP) is 2.50. The molecule has 0 aliphatic carbocycles. The zero-order chi connectivity index (χ0) is 21.4. The highest BCUT2D eigenvalue weighted by Crippen LogP contribution is 2.31. The number of anilines is 1. The maximum Gasteiger partial charge on any atom is 0.313 e. The van der Waals surface area contributed by atoms with Crippen LogP contribution in [0.15, 0.2) is 42.5 Å². The number of nitrogens with zero attached hydrogens (tertiary/aromatic N) is 1. The van der Waals surface area contributed by atoms with Crippen LogP contribution in [-0.2, 0) is 20.8 Å². The van der Waals surface area contributed by atoms with Gasteiger partial charge in [0.05, 0.1) is 18.7 Å². The zero-order valence-electron chi connectivity index (χ0n) is 17.2. The van der Waals surface area contributed by atoms with Gasteiger partial charge in [-0.25, -0.2) is 0 Å². The molecule has 2 N–H and O–H groups in total. The van der Waals surface area contributed by atoms with Crippen LogP contribution >= 0.6 is 0 Å². The minimum Gasteiger partial charge on any atom is -0.493 e. The first-order chi connectivity index (χ1) is 15.1. The molecule has 2 atom stereocenters. The third-order valence-electron chi connectivity index (χ3n) is 6.39. The summed E-state index contributed by atoms with van der Waals surface area (Å²) in [6, 6.07) is 13.2. The van der Waals surface area contributed by atoms with Gasteiger partial charge in [-0.2, -0.15) is 0 Å². The lowest BCUT2D eigenvalue weighted by atomic mass is 9.99. The van der Waals surface area contributed by atoms with Gasteiger partial charge in [0.25, 0.3) is 0 Å². The Morgan fingerprint density at radius 1 is 1.03 bits per heavy atom. The number of rotatable bonds is 3. The van der Waals surface area contributed by atoms with Crippen LogP contribution in [-0.4, -0.2) is 47.9 Å². The summed E-state index contributed by atoms with van der Waals surface area (Å²) >= 11 is 0. The molecular weight excluding hydrogens is 394 g/mol. The number of ether oxygens (including phenoxy) is 1. The maximum atomic E-state index is 12.5. The van der Waals surface area contributed by atoms with E-state index in [0.29, 0.717) is 12.3 Å². The molecule has 2 aromatic carbocycles. The van der Waals surface area contributed by atoms with E-state index in [4.69, 9.17) is 4.74 Å². The van der Waals surface area contributed by atoms with Crippen LogP contribution in [0.3, 0.4) is 0 Å². The van der Waals surface area contributed by atoms with Crippen molar-refractivity contribution in [2.45, 2.75) is 44.2 Å². The molecule has 2 saturated heterocycles. The van der Waals surface area contributed by atoms with Crippen LogP contribution in [0.1, 0.15) is 31.2 Å². The number of hydrogen-bond acceptors (Lipinski definition) is 4. The van der Waals surface area contributed by atoms with Gasteiger partial charge in [0, 0.05) is 25.1 Å². The molecule has 3 aliphatic heterocycles. The van der Waals surface area contributed by atoms with Crippen LogP contribution in [0.5, 0.6) is 5.75 Å². The summed E-state index contributed by atoms with van der Waals surface area (Å²) in [6.07, 6.45) is 4.06. The lowest BCUT2D eigenvalue weighted by Crippen LogP contribution is -2.49. The van der Waals surface area contributed by atoms with Crippen LogP contribution in [0.4, 0.5) is 5.69 Å². The van der Waals surface area contributed by atoms with E-state index < -0.39 is 11.8 Å². The standard InChI is InChI=1S/C24H25N3O4/c28-22-14-19(20-6-1-2-10-27(20)22)26-24(30)23(29)25-18-5-3-4-15(13-18)16-7-8-21-17(12-16)9-11-31-21/h3-5,7-8,12-13,19-20H,1-2,6,9-11,14H2,(H,25,29)(H,26,30). The SMILES string of the molecule is O=C(Nc1cccc(-c2ccc3c(c2)CCO3)c1)C(=O)NC1CC(=O)N2CCCCC12. The average molecular weight is 419 g/mol. The highest BCUT2D eigenvalue weighted by molar-refractivity contribution is 6.39. The van der Waals surface area contributed by atoms with Crippen molar-refractivity contribution in [3.63, 3.8) is 0 Å². The van der Waals surface area contributed by atoms with Crippen LogP contribution < -0.4 is 15.4 Å². The van der Waals surface area contributed by atoms with Crippen LogP contribution in [0, 0.1) is 0 Å². The molecule has 3 heterocycles. The first kappa shape index (κ1) is 19.6. The molecule has 0 aromatic heterocycles. The number of carbonyl (C=O) groups is 3. The van der Waals surface area contributed by atoms with Crippen molar-refractivity contribution < 1.29 is 19.1 Å². The Kier molecular flexibility index (Phi) is 5.10. The van der Waals surface area contributed by atoms with E-state index in [0.717, 1.165) is 49.1 Å². The smallest absolute Gasteiger partial charge is 0.313 e. The molecule has 0 bridgehead atoms. The van der Waals surface area contributed by atoms with Crippen molar-refractivity contribution in [2.75, 3.05) is 18.5 Å². The van der Waals surface area contributed by atoms with E-state index in [9.17, 15) is 14.4 Å². The van der Waals surface area contributed by atoms with Gasteiger partial charge in [0.15, 0.2) is 0 Å². The number of hydrogen-bond donors (Lipinski definition) is 2. The molecule has 7 nitrogen and oxygen atoms in total. The summed E-state index contributed by atoms with van der Waals surface area (Å²) in [5.74, 6) is -0.443. The Labute approximate surface area is 180 Å². The number of fused-ring (bicyclic) bond motifs is 2. The summed E-state index contributed by atoms with van der Waals surface area (Å²) < 4.78 is 5.56. The number of nitrogens with one attached hydrogen (secondary N) is 2.